The number of rotatable bonds is 7. The average molecular weight is 561 g/mol. The number of aryl methyl sites for hydroxylation is 3. The highest BCUT2D eigenvalue weighted by atomic mass is 32.2. The van der Waals surface area contributed by atoms with Gasteiger partial charge in [0.15, 0.2) is 5.65 Å². The van der Waals surface area contributed by atoms with Gasteiger partial charge in [-0.2, -0.15) is 5.10 Å². The second-order valence-electron chi connectivity index (χ2n) is 9.32. The van der Waals surface area contributed by atoms with Gasteiger partial charge in [-0.3, -0.25) is 4.79 Å². The van der Waals surface area contributed by atoms with E-state index in [1.807, 2.05) is 19.1 Å². The molecule has 0 bridgehead atoms. The summed E-state index contributed by atoms with van der Waals surface area (Å²) in [6.07, 6.45) is -1.68. The van der Waals surface area contributed by atoms with E-state index in [9.17, 15) is 22.0 Å². The zero-order chi connectivity index (χ0) is 28.6. The smallest absolute Gasteiger partial charge is 0.280 e. The molecule has 1 amide bonds. The van der Waals surface area contributed by atoms with Crippen molar-refractivity contribution in [3.8, 4) is 11.3 Å². The van der Waals surface area contributed by atoms with Crippen LogP contribution in [0.1, 0.15) is 39.2 Å². The maximum absolute atomic E-state index is 13.8. The molecule has 5 rings (SSSR count). The van der Waals surface area contributed by atoms with Crippen molar-refractivity contribution in [2.24, 2.45) is 0 Å². The molecule has 0 atom stereocenters. The summed E-state index contributed by atoms with van der Waals surface area (Å²) in [5, 5.41) is 6.62. The molecular formula is C29H24F2N5O3S-. The molecule has 11 heteroatoms. The number of anilines is 1. The molecule has 1 N–H and O–H groups in total. The SMILES string of the molecule is Cc1cc(C)c([N-]S(=O)(=O)c2ccc(NC(=O)c3cnn4c(C(F)F)cc(-c5ccccc5)nc34)cc2)c(C)c1. The molecule has 0 radical (unpaired) electrons. The van der Waals surface area contributed by atoms with Gasteiger partial charge in [0.05, 0.1) is 16.8 Å². The van der Waals surface area contributed by atoms with Crippen LogP contribution in [0.15, 0.2) is 83.9 Å². The van der Waals surface area contributed by atoms with Crippen molar-refractivity contribution in [2.75, 3.05) is 5.32 Å². The van der Waals surface area contributed by atoms with E-state index in [1.54, 1.807) is 44.2 Å². The summed E-state index contributed by atoms with van der Waals surface area (Å²) in [5.74, 6) is -0.640. The largest absolute Gasteiger partial charge is 0.572 e. The minimum Gasteiger partial charge on any atom is -0.572 e. The van der Waals surface area contributed by atoms with Gasteiger partial charge in [0, 0.05) is 11.3 Å². The number of fused-ring (bicyclic) bond motifs is 1. The Labute approximate surface area is 229 Å². The maximum atomic E-state index is 13.8. The van der Waals surface area contributed by atoms with Crippen LogP contribution in [0.3, 0.4) is 0 Å². The number of benzene rings is 3. The van der Waals surface area contributed by atoms with Gasteiger partial charge < -0.3 is 10.0 Å². The molecule has 0 aliphatic heterocycles. The fourth-order valence-electron chi connectivity index (χ4n) is 4.46. The number of aromatic nitrogens is 3. The van der Waals surface area contributed by atoms with Crippen LogP contribution in [-0.4, -0.2) is 28.9 Å². The highest BCUT2D eigenvalue weighted by Gasteiger charge is 2.22. The van der Waals surface area contributed by atoms with Crippen LogP contribution < -0.4 is 5.32 Å². The summed E-state index contributed by atoms with van der Waals surface area (Å²) in [6.45, 7) is 5.53. The lowest BCUT2D eigenvalue weighted by atomic mass is 10.1. The molecule has 0 unspecified atom stereocenters. The molecule has 0 aliphatic rings. The number of hydrogen-bond donors (Lipinski definition) is 1. The molecule has 2 aromatic heterocycles. The number of amides is 1. The van der Waals surface area contributed by atoms with Gasteiger partial charge in [-0.05, 0) is 51.1 Å². The van der Waals surface area contributed by atoms with Gasteiger partial charge in [0.25, 0.3) is 12.3 Å². The van der Waals surface area contributed by atoms with E-state index in [-0.39, 0.29) is 21.8 Å². The number of halogens is 2. The Kier molecular flexibility index (Phi) is 7.07. The van der Waals surface area contributed by atoms with E-state index in [2.05, 4.69) is 20.1 Å². The van der Waals surface area contributed by atoms with E-state index in [4.69, 9.17) is 0 Å². The average Bonchev–Trinajstić information content (AvgIpc) is 3.35. The van der Waals surface area contributed by atoms with Gasteiger partial charge >= 0.3 is 0 Å². The van der Waals surface area contributed by atoms with Crippen LogP contribution in [0, 0.1) is 20.8 Å². The Hall–Kier alpha value is -4.64. The first kappa shape index (κ1) is 26.9. The summed E-state index contributed by atoms with van der Waals surface area (Å²) in [6, 6.07) is 19.3. The van der Waals surface area contributed by atoms with Crippen LogP contribution in [0.2, 0.25) is 0 Å². The molecule has 3 aromatic carbocycles. The van der Waals surface area contributed by atoms with E-state index < -0.39 is 28.0 Å². The van der Waals surface area contributed by atoms with Crippen molar-refractivity contribution in [1.82, 2.24) is 14.6 Å². The lowest BCUT2D eigenvalue weighted by Gasteiger charge is -2.27. The molecule has 2 heterocycles. The van der Waals surface area contributed by atoms with Crippen LogP contribution in [0.5, 0.6) is 0 Å². The topological polar surface area (TPSA) is 108 Å². The summed E-state index contributed by atoms with van der Waals surface area (Å²) in [7, 11) is -4.01. The number of carbonyl (C=O) groups excluding carboxylic acids is 1. The fraction of sp³-hybridized carbons (Fsp3) is 0.138. The van der Waals surface area contributed by atoms with Crippen molar-refractivity contribution in [3.05, 3.63) is 112 Å². The first-order valence-corrected chi connectivity index (χ1v) is 13.7. The molecule has 0 aliphatic carbocycles. The summed E-state index contributed by atoms with van der Waals surface area (Å²) in [5.41, 5.74) is 3.62. The lowest BCUT2D eigenvalue weighted by molar-refractivity contribution is 0.102. The number of carbonyl (C=O) groups is 1. The fourth-order valence-corrected chi connectivity index (χ4v) is 5.57. The number of hydrogen-bond acceptors (Lipinski definition) is 5. The molecular weight excluding hydrogens is 536 g/mol. The zero-order valence-electron chi connectivity index (χ0n) is 21.8. The summed E-state index contributed by atoms with van der Waals surface area (Å²) >= 11 is 0. The van der Waals surface area contributed by atoms with Gasteiger partial charge in [-0.25, -0.2) is 26.7 Å². The van der Waals surface area contributed by atoms with Crippen molar-refractivity contribution < 1.29 is 22.0 Å². The summed E-state index contributed by atoms with van der Waals surface area (Å²) in [4.78, 5) is 17.5. The lowest BCUT2D eigenvalue weighted by Crippen LogP contribution is -2.13. The van der Waals surface area contributed by atoms with Gasteiger partial charge in [-0.1, -0.05) is 59.2 Å². The van der Waals surface area contributed by atoms with E-state index in [0.717, 1.165) is 21.2 Å². The second kappa shape index (κ2) is 10.5. The van der Waals surface area contributed by atoms with E-state index in [1.165, 1.54) is 36.5 Å². The van der Waals surface area contributed by atoms with Gasteiger partial charge in [0.1, 0.15) is 21.3 Å². The first-order chi connectivity index (χ1) is 19.0. The second-order valence-corrected chi connectivity index (χ2v) is 10.9. The van der Waals surface area contributed by atoms with E-state index in [0.29, 0.717) is 16.9 Å². The van der Waals surface area contributed by atoms with Crippen LogP contribution in [0.4, 0.5) is 20.2 Å². The Bertz CT molecular complexity index is 1810. The molecule has 0 fully saturated rings. The Morgan fingerprint density at radius 3 is 2.23 bits per heavy atom. The predicted octanol–water partition coefficient (Wildman–Crippen LogP) is 6.91. The van der Waals surface area contributed by atoms with Crippen LogP contribution in [-0.2, 0) is 10.0 Å². The van der Waals surface area contributed by atoms with Gasteiger partial charge in [0.2, 0.25) is 0 Å². The number of nitrogens with zero attached hydrogens (tertiary/aromatic N) is 4. The molecule has 0 saturated heterocycles. The number of alkyl halides is 2. The Morgan fingerprint density at radius 1 is 0.950 bits per heavy atom. The standard InChI is InChI=1S/C29H24F2N5O3S/c1-17-13-18(2)26(19(3)14-17)35-40(38,39)22-11-9-21(10-12-22)33-29(37)23-16-32-36-25(27(30)31)15-24(34-28(23)36)20-7-5-4-6-8-20/h4-16,27H,1-3H3,(H,33,37)/q-1. The highest BCUT2D eigenvalue weighted by Crippen LogP contribution is 2.35. The minimum atomic E-state index is -4.01. The van der Waals surface area contributed by atoms with Crippen molar-refractivity contribution in [3.63, 3.8) is 0 Å². The molecule has 40 heavy (non-hydrogen) atoms. The molecule has 8 nitrogen and oxygen atoms in total. The third kappa shape index (κ3) is 5.28. The predicted molar refractivity (Wildman–Crippen MR) is 149 cm³/mol. The molecule has 0 saturated carbocycles. The van der Waals surface area contributed by atoms with Crippen molar-refractivity contribution >= 4 is 33.0 Å². The minimum absolute atomic E-state index is 0.0169. The van der Waals surface area contributed by atoms with E-state index >= 15 is 0 Å². The number of nitrogens with one attached hydrogen (secondary N) is 1. The molecule has 0 spiro atoms. The highest BCUT2D eigenvalue weighted by molar-refractivity contribution is 7.94. The van der Waals surface area contributed by atoms with Crippen molar-refractivity contribution in [2.45, 2.75) is 32.1 Å². The normalized spacial score (nSPS) is 11.7. The quantitative estimate of drug-likeness (QED) is 0.233. The van der Waals surface area contributed by atoms with Crippen LogP contribution in [0.25, 0.3) is 21.6 Å². The van der Waals surface area contributed by atoms with Gasteiger partial charge in [-0.15, -0.1) is 5.69 Å². The summed E-state index contributed by atoms with van der Waals surface area (Å²) < 4.78 is 58.6. The monoisotopic (exact) mass is 560 g/mol. The zero-order valence-corrected chi connectivity index (χ0v) is 22.6. The Morgan fingerprint density at radius 2 is 1.60 bits per heavy atom. The maximum Gasteiger partial charge on any atom is 0.280 e. The van der Waals surface area contributed by atoms with Crippen molar-refractivity contribution in [1.29, 1.82) is 0 Å². The Balaban J connectivity index is 1.41. The third-order valence-electron chi connectivity index (χ3n) is 6.29. The third-order valence-corrected chi connectivity index (χ3v) is 7.58. The van der Waals surface area contributed by atoms with Crippen LogP contribution >= 0.6 is 0 Å². The number of sulfonamides is 1. The molecule has 204 valence electrons. The molecule has 5 aromatic rings. The first-order valence-electron chi connectivity index (χ1n) is 12.2.